The molecule has 1 aromatic rings. The maximum absolute atomic E-state index is 11.7. The Hall–Kier alpha value is -1.42. The number of carbonyl (C=O) groups excluding carboxylic acids is 1. The summed E-state index contributed by atoms with van der Waals surface area (Å²) >= 11 is 0. The van der Waals surface area contributed by atoms with E-state index in [1.54, 1.807) is 6.20 Å². The van der Waals surface area contributed by atoms with Crippen LogP contribution in [0, 0.1) is 6.92 Å². The van der Waals surface area contributed by atoms with Gasteiger partial charge in [0.25, 0.3) is 5.91 Å². The van der Waals surface area contributed by atoms with E-state index in [-0.39, 0.29) is 11.4 Å². The van der Waals surface area contributed by atoms with Gasteiger partial charge in [0, 0.05) is 24.9 Å². The quantitative estimate of drug-likeness (QED) is 0.915. The Morgan fingerprint density at radius 3 is 2.26 bits per heavy atom. The van der Waals surface area contributed by atoms with Gasteiger partial charge in [0.1, 0.15) is 5.69 Å². The second-order valence-electron chi connectivity index (χ2n) is 5.15. The molecule has 1 rings (SSSR count). The third-order valence-corrected chi connectivity index (χ3v) is 2.12. The van der Waals surface area contributed by atoms with Crippen molar-refractivity contribution in [3.63, 3.8) is 0 Å². The Morgan fingerprint density at radius 1 is 1.32 bits per heavy atom. The Balaban J connectivity index is 0.000000555. The first-order valence-electron chi connectivity index (χ1n) is 6.63. The van der Waals surface area contributed by atoms with Crippen LogP contribution in [0.25, 0.3) is 0 Å². The molecule has 0 radical (unpaired) electrons. The maximum atomic E-state index is 11.7. The van der Waals surface area contributed by atoms with Crippen molar-refractivity contribution in [1.82, 2.24) is 10.3 Å². The number of hydrogen-bond donors (Lipinski definition) is 1. The van der Waals surface area contributed by atoms with E-state index in [1.165, 1.54) is 0 Å². The number of hydrogen-bond acceptors (Lipinski definition) is 3. The molecule has 0 saturated carbocycles. The Morgan fingerprint density at radius 2 is 1.89 bits per heavy atom. The molecule has 0 aromatic carbocycles. The summed E-state index contributed by atoms with van der Waals surface area (Å²) in [4.78, 5) is 15.8. The van der Waals surface area contributed by atoms with Gasteiger partial charge in [-0.25, -0.2) is 0 Å². The van der Waals surface area contributed by atoms with Crippen molar-refractivity contribution in [2.75, 3.05) is 13.2 Å². The van der Waals surface area contributed by atoms with Gasteiger partial charge >= 0.3 is 0 Å². The molecule has 108 valence electrons. The monoisotopic (exact) mass is 266 g/mol. The highest BCUT2D eigenvalue weighted by Gasteiger charge is 2.17. The molecular formula is C15H26N2O2. The molecule has 0 saturated heterocycles. The smallest absolute Gasteiger partial charge is 0.270 e. The van der Waals surface area contributed by atoms with Gasteiger partial charge < -0.3 is 10.1 Å². The average molecular weight is 266 g/mol. The zero-order valence-corrected chi connectivity index (χ0v) is 12.9. The lowest BCUT2D eigenvalue weighted by Gasteiger charge is -2.20. The zero-order chi connectivity index (χ0) is 14.9. The molecule has 0 atom stereocenters. The van der Waals surface area contributed by atoms with Gasteiger partial charge in [-0.1, -0.05) is 6.07 Å². The standard InChI is InChI=1S/C11H16N2O.C4H10O/c1-8-6-5-7-12-9(8)10(14)13-11(2,3)4;1-3-5-4-2/h5-7H,1-4H3,(H,13,14);3-4H2,1-2H3. The molecule has 0 aliphatic heterocycles. The lowest BCUT2D eigenvalue weighted by molar-refractivity contribution is 0.0913. The van der Waals surface area contributed by atoms with Gasteiger partial charge in [0.2, 0.25) is 0 Å². The molecular weight excluding hydrogens is 240 g/mol. The zero-order valence-electron chi connectivity index (χ0n) is 12.9. The summed E-state index contributed by atoms with van der Waals surface area (Å²) in [6.07, 6.45) is 1.63. The van der Waals surface area contributed by atoms with Gasteiger partial charge in [-0.2, -0.15) is 0 Å². The molecule has 1 N–H and O–H groups in total. The summed E-state index contributed by atoms with van der Waals surface area (Å²) in [7, 11) is 0. The molecule has 0 spiro atoms. The summed E-state index contributed by atoms with van der Waals surface area (Å²) in [6, 6.07) is 3.70. The van der Waals surface area contributed by atoms with E-state index in [1.807, 2.05) is 53.7 Å². The molecule has 4 nitrogen and oxygen atoms in total. The van der Waals surface area contributed by atoms with Crippen LogP contribution in [-0.4, -0.2) is 29.6 Å². The van der Waals surface area contributed by atoms with Gasteiger partial charge in [-0.3, -0.25) is 9.78 Å². The van der Waals surface area contributed by atoms with Gasteiger partial charge in [0.05, 0.1) is 0 Å². The number of rotatable bonds is 3. The van der Waals surface area contributed by atoms with E-state index in [0.29, 0.717) is 5.69 Å². The Kier molecular flexibility index (Phi) is 8.00. The highest BCUT2D eigenvalue weighted by molar-refractivity contribution is 5.93. The van der Waals surface area contributed by atoms with E-state index in [2.05, 4.69) is 10.3 Å². The summed E-state index contributed by atoms with van der Waals surface area (Å²) in [5, 5.41) is 2.87. The normalized spacial score (nSPS) is 10.4. The summed E-state index contributed by atoms with van der Waals surface area (Å²) in [5.74, 6) is -0.115. The van der Waals surface area contributed by atoms with Gasteiger partial charge in [-0.15, -0.1) is 0 Å². The lowest BCUT2D eigenvalue weighted by Crippen LogP contribution is -2.41. The molecule has 0 bridgehead atoms. The Labute approximate surface area is 116 Å². The number of nitrogens with zero attached hydrogens (tertiary/aromatic N) is 1. The van der Waals surface area contributed by atoms with Crippen LogP contribution in [0.4, 0.5) is 0 Å². The molecule has 1 heterocycles. The van der Waals surface area contributed by atoms with Crippen LogP contribution in [0.3, 0.4) is 0 Å². The predicted molar refractivity (Wildman–Crippen MR) is 78.4 cm³/mol. The molecule has 19 heavy (non-hydrogen) atoms. The van der Waals surface area contributed by atoms with E-state index in [0.717, 1.165) is 18.8 Å². The van der Waals surface area contributed by atoms with Crippen molar-refractivity contribution in [2.24, 2.45) is 0 Å². The average Bonchev–Trinajstić information content (AvgIpc) is 2.29. The highest BCUT2D eigenvalue weighted by atomic mass is 16.5. The summed E-state index contributed by atoms with van der Waals surface area (Å²) < 4.78 is 4.83. The third kappa shape index (κ3) is 8.32. The van der Waals surface area contributed by atoms with Crippen LogP contribution >= 0.6 is 0 Å². The van der Waals surface area contributed by atoms with E-state index in [4.69, 9.17) is 4.74 Å². The topological polar surface area (TPSA) is 51.2 Å². The largest absolute Gasteiger partial charge is 0.382 e. The minimum atomic E-state index is -0.221. The Bertz CT molecular complexity index is 382. The fraction of sp³-hybridized carbons (Fsp3) is 0.600. The summed E-state index contributed by atoms with van der Waals surface area (Å²) in [5.41, 5.74) is 1.18. The first-order chi connectivity index (χ1) is 8.81. The molecule has 0 fully saturated rings. The van der Waals surface area contributed by atoms with Crippen molar-refractivity contribution in [2.45, 2.75) is 47.1 Å². The minimum absolute atomic E-state index is 0.115. The molecule has 1 aromatic heterocycles. The second kappa shape index (κ2) is 8.64. The number of nitrogens with one attached hydrogen (secondary N) is 1. The SMILES string of the molecule is CCOCC.Cc1cccnc1C(=O)NC(C)(C)C. The van der Waals surface area contributed by atoms with Crippen LogP contribution in [0.2, 0.25) is 0 Å². The number of ether oxygens (including phenoxy) is 1. The number of aromatic nitrogens is 1. The molecule has 0 unspecified atom stereocenters. The number of aryl methyl sites for hydroxylation is 1. The second-order valence-corrected chi connectivity index (χ2v) is 5.15. The maximum Gasteiger partial charge on any atom is 0.270 e. The fourth-order valence-electron chi connectivity index (χ4n) is 1.33. The van der Waals surface area contributed by atoms with Crippen molar-refractivity contribution in [1.29, 1.82) is 0 Å². The van der Waals surface area contributed by atoms with E-state index < -0.39 is 0 Å². The van der Waals surface area contributed by atoms with Crippen LogP contribution < -0.4 is 5.32 Å². The lowest BCUT2D eigenvalue weighted by atomic mass is 10.1. The highest BCUT2D eigenvalue weighted by Crippen LogP contribution is 2.06. The first-order valence-corrected chi connectivity index (χ1v) is 6.63. The molecule has 0 aliphatic rings. The van der Waals surface area contributed by atoms with Crippen molar-refractivity contribution in [3.05, 3.63) is 29.6 Å². The minimum Gasteiger partial charge on any atom is -0.382 e. The van der Waals surface area contributed by atoms with Gasteiger partial charge in [-0.05, 0) is 53.2 Å². The van der Waals surface area contributed by atoms with Crippen molar-refractivity contribution < 1.29 is 9.53 Å². The van der Waals surface area contributed by atoms with Gasteiger partial charge in [0.15, 0.2) is 0 Å². The number of pyridine rings is 1. The van der Waals surface area contributed by atoms with Crippen LogP contribution in [0.15, 0.2) is 18.3 Å². The third-order valence-electron chi connectivity index (χ3n) is 2.12. The van der Waals surface area contributed by atoms with Crippen LogP contribution in [0.1, 0.15) is 50.7 Å². The van der Waals surface area contributed by atoms with E-state index >= 15 is 0 Å². The van der Waals surface area contributed by atoms with Crippen molar-refractivity contribution >= 4 is 5.91 Å². The molecule has 4 heteroatoms. The van der Waals surface area contributed by atoms with Crippen molar-refractivity contribution in [3.8, 4) is 0 Å². The predicted octanol–water partition coefficient (Wildman–Crippen LogP) is 2.96. The van der Waals surface area contributed by atoms with Crippen LogP contribution in [0.5, 0.6) is 0 Å². The summed E-state index contributed by atoms with van der Waals surface area (Å²) in [6.45, 7) is 13.4. The molecule has 1 amide bonds. The fourth-order valence-corrected chi connectivity index (χ4v) is 1.33. The molecule has 0 aliphatic carbocycles. The van der Waals surface area contributed by atoms with Crippen LogP contribution in [-0.2, 0) is 4.74 Å². The number of amides is 1. The number of carbonyl (C=O) groups is 1. The first kappa shape index (κ1) is 17.6. The van der Waals surface area contributed by atoms with E-state index in [9.17, 15) is 4.79 Å².